The van der Waals surface area contributed by atoms with E-state index in [1.165, 1.54) is 0 Å². The molecule has 94 valence electrons. The first-order valence-electron chi connectivity index (χ1n) is 6.05. The molecule has 2 aromatic rings. The van der Waals surface area contributed by atoms with E-state index in [4.69, 9.17) is 0 Å². The van der Waals surface area contributed by atoms with Crippen LogP contribution in [-0.2, 0) is 6.42 Å². The summed E-state index contributed by atoms with van der Waals surface area (Å²) in [5.41, 5.74) is 2.15. The smallest absolute Gasteiger partial charge is 0.143 e. The van der Waals surface area contributed by atoms with Gasteiger partial charge in [-0.2, -0.15) is 0 Å². The van der Waals surface area contributed by atoms with Gasteiger partial charge in [0, 0.05) is 19.0 Å². The van der Waals surface area contributed by atoms with Crippen molar-refractivity contribution >= 4 is 28.4 Å². The quantitative estimate of drug-likeness (QED) is 0.851. The van der Waals surface area contributed by atoms with Gasteiger partial charge in [0.2, 0.25) is 0 Å². The molecule has 18 heavy (non-hydrogen) atoms. The highest BCUT2D eigenvalue weighted by atomic mass is 127. The molecule has 0 aliphatic carbocycles. The minimum absolute atomic E-state index is 0.904. The van der Waals surface area contributed by atoms with Crippen molar-refractivity contribution in [3.05, 3.63) is 39.7 Å². The van der Waals surface area contributed by atoms with Crippen molar-refractivity contribution < 1.29 is 0 Å². The molecule has 0 aliphatic heterocycles. The summed E-state index contributed by atoms with van der Waals surface area (Å²) in [7, 11) is 1.90. The van der Waals surface area contributed by atoms with Crippen LogP contribution in [0.4, 0.5) is 5.82 Å². The second-order valence-electron chi connectivity index (χ2n) is 4.02. The van der Waals surface area contributed by atoms with Gasteiger partial charge >= 0.3 is 0 Å². The first kappa shape index (κ1) is 13.3. The highest BCUT2D eigenvalue weighted by Crippen LogP contribution is 2.27. The Labute approximate surface area is 121 Å². The molecule has 0 radical (unpaired) electrons. The number of nitrogens with one attached hydrogen (secondary N) is 1. The highest BCUT2D eigenvalue weighted by molar-refractivity contribution is 14.1. The Bertz CT molecular complexity index is 526. The summed E-state index contributed by atoms with van der Waals surface area (Å²) >= 11 is 2.30. The first-order chi connectivity index (χ1) is 8.76. The number of hydrogen-bond donors (Lipinski definition) is 1. The van der Waals surface area contributed by atoms with Gasteiger partial charge in [-0.15, -0.1) is 0 Å². The van der Waals surface area contributed by atoms with Gasteiger partial charge < -0.3 is 5.32 Å². The zero-order valence-electron chi connectivity index (χ0n) is 10.6. The number of nitrogens with zero attached hydrogens (tertiary/aromatic N) is 2. The van der Waals surface area contributed by atoms with E-state index in [1.807, 2.05) is 25.2 Å². The van der Waals surface area contributed by atoms with Crippen molar-refractivity contribution in [2.45, 2.75) is 19.8 Å². The molecule has 0 unspecified atom stereocenters. The monoisotopic (exact) mass is 353 g/mol. The van der Waals surface area contributed by atoms with E-state index in [2.05, 4.69) is 56.9 Å². The van der Waals surface area contributed by atoms with Crippen LogP contribution in [0, 0.1) is 3.57 Å². The lowest BCUT2D eigenvalue weighted by Gasteiger charge is -2.11. The van der Waals surface area contributed by atoms with Crippen molar-refractivity contribution in [3.63, 3.8) is 0 Å². The van der Waals surface area contributed by atoms with E-state index in [-0.39, 0.29) is 0 Å². The zero-order valence-corrected chi connectivity index (χ0v) is 12.7. The molecule has 1 heterocycles. The van der Waals surface area contributed by atoms with Gasteiger partial charge in [0.1, 0.15) is 11.6 Å². The highest BCUT2D eigenvalue weighted by Gasteiger charge is 2.12. The summed E-state index contributed by atoms with van der Waals surface area (Å²) in [5.74, 6) is 1.81. The molecule has 1 N–H and O–H groups in total. The molecule has 0 spiro atoms. The maximum absolute atomic E-state index is 4.68. The van der Waals surface area contributed by atoms with Crippen molar-refractivity contribution in [1.29, 1.82) is 0 Å². The molecule has 0 amide bonds. The van der Waals surface area contributed by atoms with Gasteiger partial charge in [0.05, 0.1) is 9.26 Å². The summed E-state index contributed by atoms with van der Waals surface area (Å²) in [6, 6.07) is 10.3. The fourth-order valence-corrected chi connectivity index (χ4v) is 2.60. The Hall–Kier alpha value is -1.17. The molecule has 0 bridgehead atoms. The van der Waals surface area contributed by atoms with Gasteiger partial charge in [-0.3, -0.25) is 0 Å². The average Bonchev–Trinajstić information content (AvgIpc) is 2.42. The Morgan fingerprint density at radius 2 is 1.89 bits per heavy atom. The minimum atomic E-state index is 0.904. The van der Waals surface area contributed by atoms with E-state index in [1.54, 1.807) is 0 Å². The van der Waals surface area contributed by atoms with Crippen LogP contribution in [0.2, 0.25) is 0 Å². The summed E-state index contributed by atoms with van der Waals surface area (Å²) < 4.78 is 1.07. The molecule has 0 atom stereocenters. The molecule has 4 heteroatoms. The van der Waals surface area contributed by atoms with Crippen molar-refractivity contribution in [3.8, 4) is 11.3 Å². The van der Waals surface area contributed by atoms with Crippen LogP contribution in [0.15, 0.2) is 30.3 Å². The summed E-state index contributed by atoms with van der Waals surface area (Å²) in [6.45, 7) is 2.14. The van der Waals surface area contributed by atoms with E-state index in [9.17, 15) is 0 Å². The Kier molecular flexibility index (Phi) is 4.52. The van der Waals surface area contributed by atoms with Gasteiger partial charge in [0.25, 0.3) is 0 Å². The van der Waals surface area contributed by atoms with Gasteiger partial charge in [-0.1, -0.05) is 37.3 Å². The van der Waals surface area contributed by atoms with Gasteiger partial charge in [-0.25, -0.2) is 9.97 Å². The lowest BCUT2D eigenvalue weighted by Crippen LogP contribution is -2.05. The van der Waals surface area contributed by atoms with Crippen LogP contribution in [-0.4, -0.2) is 17.0 Å². The number of anilines is 1. The van der Waals surface area contributed by atoms with Crippen LogP contribution < -0.4 is 5.32 Å². The fraction of sp³-hybridized carbons (Fsp3) is 0.286. The van der Waals surface area contributed by atoms with Gasteiger partial charge in [0.15, 0.2) is 0 Å². The van der Waals surface area contributed by atoms with Crippen molar-refractivity contribution in [1.82, 2.24) is 9.97 Å². The number of benzene rings is 1. The molecule has 3 nitrogen and oxygen atoms in total. The SMILES string of the molecule is CCCc1nc(NC)c(I)c(-c2ccccc2)n1. The largest absolute Gasteiger partial charge is 0.372 e. The van der Waals surface area contributed by atoms with Crippen molar-refractivity contribution in [2.75, 3.05) is 12.4 Å². The number of hydrogen-bond acceptors (Lipinski definition) is 3. The predicted molar refractivity (Wildman–Crippen MR) is 83.7 cm³/mol. The number of halogens is 1. The maximum Gasteiger partial charge on any atom is 0.143 e. The second-order valence-corrected chi connectivity index (χ2v) is 5.10. The number of aryl methyl sites for hydroxylation is 1. The molecular weight excluding hydrogens is 337 g/mol. The molecule has 1 aromatic carbocycles. The fourth-order valence-electron chi connectivity index (χ4n) is 1.78. The summed E-state index contributed by atoms with van der Waals surface area (Å²) in [4.78, 5) is 9.22. The van der Waals surface area contributed by atoms with Crippen LogP contribution >= 0.6 is 22.6 Å². The molecule has 1 aromatic heterocycles. The van der Waals surface area contributed by atoms with Gasteiger partial charge in [-0.05, 0) is 29.0 Å². The second kappa shape index (κ2) is 6.13. The molecule has 0 saturated carbocycles. The summed E-state index contributed by atoms with van der Waals surface area (Å²) in [6.07, 6.45) is 1.96. The van der Waals surface area contributed by atoms with Crippen LogP contribution in [0.25, 0.3) is 11.3 Å². The molecule has 0 aliphatic rings. The van der Waals surface area contributed by atoms with E-state index in [0.29, 0.717) is 0 Å². The first-order valence-corrected chi connectivity index (χ1v) is 7.13. The van der Waals surface area contributed by atoms with E-state index in [0.717, 1.165) is 39.3 Å². The van der Waals surface area contributed by atoms with E-state index >= 15 is 0 Å². The third-order valence-electron chi connectivity index (χ3n) is 2.66. The topological polar surface area (TPSA) is 37.8 Å². The Morgan fingerprint density at radius 1 is 1.17 bits per heavy atom. The molecule has 0 saturated heterocycles. The Morgan fingerprint density at radius 3 is 2.50 bits per heavy atom. The zero-order chi connectivity index (χ0) is 13.0. The average molecular weight is 353 g/mol. The molecule has 2 rings (SSSR count). The van der Waals surface area contributed by atoms with Crippen LogP contribution in [0.3, 0.4) is 0 Å². The number of aromatic nitrogens is 2. The predicted octanol–water partition coefficient (Wildman–Crippen LogP) is 3.74. The third kappa shape index (κ3) is 2.80. The van der Waals surface area contributed by atoms with Crippen LogP contribution in [0.5, 0.6) is 0 Å². The third-order valence-corrected chi connectivity index (χ3v) is 3.68. The molecular formula is C14H16IN3. The molecule has 0 fully saturated rings. The van der Waals surface area contributed by atoms with Crippen LogP contribution in [0.1, 0.15) is 19.2 Å². The number of rotatable bonds is 4. The lowest BCUT2D eigenvalue weighted by molar-refractivity contribution is 0.836. The summed E-state index contributed by atoms with van der Waals surface area (Å²) in [5, 5.41) is 3.15. The standard InChI is InChI=1S/C14H16IN3/c1-3-7-11-17-13(10-8-5-4-6-9-10)12(15)14(16-2)18-11/h4-6,8-9H,3,7H2,1-2H3,(H,16,17,18). The maximum atomic E-state index is 4.68. The Balaban J connectivity index is 2.55. The van der Waals surface area contributed by atoms with Crippen molar-refractivity contribution in [2.24, 2.45) is 0 Å². The lowest BCUT2D eigenvalue weighted by atomic mass is 10.1. The normalized spacial score (nSPS) is 10.4. The minimum Gasteiger partial charge on any atom is -0.372 e. The van der Waals surface area contributed by atoms with E-state index < -0.39 is 0 Å².